The van der Waals surface area contributed by atoms with Crippen molar-refractivity contribution in [1.82, 2.24) is 0 Å². The van der Waals surface area contributed by atoms with E-state index < -0.39 is 0 Å². The van der Waals surface area contributed by atoms with Gasteiger partial charge in [-0.05, 0) is 25.7 Å². The minimum Gasteiger partial charge on any atom is -0.393 e. The molecule has 0 aromatic heterocycles. The van der Waals surface area contributed by atoms with Crippen LogP contribution in [0.5, 0.6) is 0 Å². The van der Waals surface area contributed by atoms with Crippen molar-refractivity contribution < 1.29 is 14.6 Å². The quantitative estimate of drug-likeness (QED) is 0.682. The molecule has 12 heavy (non-hydrogen) atoms. The van der Waals surface area contributed by atoms with Gasteiger partial charge in [-0.3, -0.25) is 0 Å². The Labute approximate surface area is 73.7 Å². The molecule has 1 saturated heterocycles. The first-order valence-electron chi connectivity index (χ1n) is 4.74. The molecule has 1 rings (SSSR count). The van der Waals surface area contributed by atoms with Gasteiger partial charge in [0.1, 0.15) is 0 Å². The van der Waals surface area contributed by atoms with E-state index in [1.54, 1.807) is 0 Å². The fourth-order valence-electron chi connectivity index (χ4n) is 1.30. The number of rotatable bonds is 5. The van der Waals surface area contributed by atoms with Gasteiger partial charge in [0.2, 0.25) is 0 Å². The molecule has 72 valence electrons. The van der Waals surface area contributed by atoms with Gasteiger partial charge in [0.25, 0.3) is 0 Å². The highest BCUT2D eigenvalue weighted by Crippen LogP contribution is 2.13. The molecule has 1 aliphatic rings. The lowest BCUT2D eigenvalue weighted by molar-refractivity contribution is -0.0494. The minimum atomic E-state index is -0.147. The van der Waals surface area contributed by atoms with Gasteiger partial charge >= 0.3 is 0 Å². The number of hydrogen-bond acceptors (Lipinski definition) is 3. The molecule has 0 bridgehead atoms. The lowest BCUT2D eigenvalue weighted by Gasteiger charge is -2.10. The van der Waals surface area contributed by atoms with Crippen molar-refractivity contribution in [2.75, 3.05) is 13.2 Å². The van der Waals surface area contributed by atoms with E-state index in [0.29, 0.717) is 0 Å². The summed E-state index contributed by atoms with van der Waals surface area (Å²) < 4.78 is 10.5. The van der Waals surface area contributed by atoms with Crippen LogP contribution in [0.1, 0.15) is 32.6 Å². The number of aliphatic hydroxyl groups excluding tert-OH is 1. The number of hydrogen-bond donors (Lipinski definition) is 1. The van der Waals surface area contributed by atoms with Crippen LogP contribution in [-0.2, 0) is 9.47 Å². The molecule has 0 spiro atoms. The lowest BCUT2D eigenvalue weighted by atomic mass is 10.1. The highest BCUT2D eigenvalue weighted by Gasteiger charge is 2.15. The Morgan fingerprint density at radius 1 is 1.42 bits per heavy atom. The molecule has 0 radical (unpaired) electrons. The molecule has 1 atom stereocenters. The first-order valence-corrected chi connectivity index (χ1v) is 4.74. The topological polar surface area (TPSA) is 38.7 Å². The average Bonchev–Trinajstić information content (AvgIpc) is 2.57. The average molecular weight is 174 g/mol. The van der Waals surface area contributed by atoms with Crippen LogP contribution < -0.4 is 0 Å². The summed E-state index contributed by atoms with van der Waals surface area (Å²) in [7, 11) is 0. The summed E-state index contributed by atoms with van der Waals surface area (Å²) in [6.45, 7) is 3.44. The SMILES string of the molecule is CC[C@@H](O)CCCC1OCCO1. The molecular weight excluding hydrogens is 156 g/mol. The van der Waals surface area contributed by atoms with E-state index in [4.69, 9.17) is 9.47 Å². The van der Waals surface area contributed by atoms with Crippen LogP contribution in [0, 0.1) is 0 Å². The summed E-state index contributed by atoms with van der Waals surface area (Å²) in [6.07, 6.45) is 3.45. The Bertz CT molecular complexity index is 110. The molecule has 1 N–H and O–H groups in total. The van der Waals surface area contributed by atoms with Crippen LogP contribution in [0.4, 0.5) is 0 Å². The van der Waals surface area contributed by atoms with E-state index >= 15 is 0 Å². The van der Waals surface area contributed by atoms with Crippen molar-refractivity contribution in [3.8, 4) is 0 Å². The van der Waals surface area contributed by atoms with Gasteiger partial charge in [0.05, 0.1) is 19.3 Å². The Morgan fingerprint density at radius 3 is 2.67 bits per heavy atom. The first kappa shape index (κ1) is 9.96. The van der Waals surface area contributed by atoms with Crippen LogP contribution in [0.15, 0.2) is 0 Å². The van der Waals surface area contributed by atoms with Crippen LogP contribution in [-0.4, -0.2) is 30.7 Å². The van der Waals surface area contributed by atoms with Crippen LogP contribution in [0.25, 0.3) is 0 Å². The van der Waals surface area contributed by atoms with Gasteiger partial charge in [-0.25, -0.2) is 0 Å². The molecule has 0 aliphatic carbocycles. The molecule has 0 aromatic carbocycles. The number of aliphatic hydroxyl groups is 1. The third-order valence-corrected chi connectivity index (χ3v) is 2.14. The van der Waals surface area contributed by atoms with Crippen LogP contribution >= 0.6 is 0 Å². The van der Waals surface area contributed by atoms with Crippen molar-refractivity contribution in [3.63, 3.8) is 0 Å². The smallest absolute Gasteiger partial charge is 0.157 e. The summed E-state index contributed by atoms with van der Waals surface area (Å²) in [5.41, 5.74) is 0. The predicted molar refractivity (Wildman–Crippen MR) is 45.8 cm³/mol. The molecule has 1 heterocycles. The van der Waals surface area contributed by atoms with Gasteiger partial charge in [0.15, 0.2) is 6.29 Å². The molecule has 3 nitrogen and oxygen atoms in total. The predicted octanol–water partition coefficient (Wildman–Crippen LogP) is 1.30. The van der Waals surface area contributed by atoms with E-state index in [1.165, 1.54) is 0 Å². The van der Waals surface area contributed by atoms with Crippen molar-refractivity contribution in [3.05, 3.63) is 0 Å². The van der Waals surface area contributed by atoms with Gasteiger partial charge in [-0.2, -0.15) is 0 Å². The Kier molecular flexibility index (Phi) is 4.58. The Hall–Kier alpha value is -0.120. The maximum Gasteiger partial charge on any atom is 0.157 e. The highest BCUT2D eigenvalue weighted by atomic mass is 16.7. The van der Waals surface area contributed by atoms with E-state index in [-0.39, 0.29) is 12.4 Å². The molecule has 0 saturated carbocycles. The summed E-state index contributed by atoms with van der Waals surface area (Å²) in [5.74, 6) is 0. The van der Waals surface area contributed by atoms with Crippen LogP contribution in [0.2, 0.25) is 0 Å². The molecule has 0 aromatic rings. The highest BCUT2D eigenvalue weighted by molar-refractivity contribution is 4.56. The minimum absolute atomic E-state index is 0.00550. The second-order valence-corrected chi connectivity index (χ2v) is 3.16. The standard InChI is InChI=1S/C9H18O3/c1-2-8(10)4-3-5-9-11-6-7-12-9/h8-10H,2-7H2,1H3/t8-/m1/s1. The zero-order chi connectivity index (χ0) is 8.81. The van der Waals surface area contributed by atoms with E-state index in [0.717, 1.165) is 38.9 Å². The van der Waals surface area contributed by atoms with E-state index in [2.05, 4.69) is 0 Å². The zero-order valence-corrected chi connectivity index (χ0v) is 7.66. The third-order valence-electron chi connectivity index (χ3n) is 2.14. The van der Waals surface area contributed by atoms with Crippen LogP contribution in [0.3, 0.4) is 0 Å². The van der Waals surface area contributed by atoms with Crippen molar-refractivity contribution in [2.45, 2.75) is 45.0 Å². The maximum atomic E-state index is 9.25. The summed E-state index contributed by atoms with van der Waals surface area (Å²) >= 11 is 0. The van der Waals surface area contributed by atoms with Gasteiger partial charge in [-0.1, -0.05) is 6.92 Å². The summed E-state index contributed by atoms with van der Waals surface area (Å²) in [5, 5.41) is 9.25. The first-order chi connectivity index (χ1) is 5.83. The Balaban J connectivity index is 1.94. The molecule has 3 heteroatoms. The monoisotopic (exact) mass is 174 g/mol. The lowest BCUT2D eigenvalue weighted by Crippen LogP contribution is -2.10. The fourth-order valence-corrected chi connectivity index (χ4v) is 1.30. The molecule has 1 fully saturated rings. The van der Waals surface area contributed by atoms with Crippen molar-refractivity contribution >= 4 is 0 Å². The molecular formula is C9H18O3. The maximum absolute atomic E-state index is 9.25. The molecule has 1 aliphatic heterocycles. The fraction of sp³-hybridized carbons (Fsp3) is 1.00. The molecule has 0 amide bonds. The van der Waals surface area contributed by atoms with Crippen molar-refractivity contribution in [1.29, 1.82) is 0 Å². The van der Waals surface area contributed by atoms with Gasteiger partial charge in [0, 0.05) is 0 Å². The summed E-state index contributed by atoms with van der Waals surface area (Å²) in [6, 6.07) is 0. The van der Waals surface area contributed by atoms with Crippen molar-refractivity contribution in [2.24, 2.45) is 0 Å². The third kappa shape index (κ3) is 3.52. The van der Waals surface area contributed by atoms with Gasteiger partial charge < -0.3 is 14.6 Å². The number of ether oxygens (including phenoxy) is 2. The molecule has 0 unspecified atom stereocenters. The van der Waals surface area contributed by atoms with Gasteiger partial charge in [-0.15, -0.1) is 0 Å². The Morgan fingerprint density at radius 2 is 2.08 bits per heavy atom. The normalized spacial score (nSPS) is 21.5. The second kappa shape index (κ2) is 5.51. The largest absolute Gasteiger partial charge is 0.393 e. The second-order valence-electron chi connectivity index (χ2n) is 3.16. The zero-order valence-electron chi connectivity index (χ0n) is 7.66. The van der Waals surface area contributed by atoms with E-state index in [9.17, 15) is 5.11 Å². The summed E-state index contributed by atoms with van der Waals surface area (Å²) in [4.78, 5) is 0. The van der Waals surface area contributed by atoms with E-state index in [1.807, 2.05) is 6.92 Å².